The maximum Gasteiger partial charge on any atom is 0.410 e. The van der Waals surface area contributed by atoms with E-state index in [4.69, 9.17) is 14.7 Å². The van der Waals surface area contributed by atoms with E-state index in [-0.39, 0.29) is 12.0 Å². The Labute approximate surface area is 109 Å². The van der Waals surface area contributed by atoms with Gasteiger partial charge in [-0.15, -0.1) is 0 Å². The van der Waals surface area contributed by atoms with E-state index in [1.165, 1.54) is 0 Å². The Morgan fingerprint density at radius 2 is 2.17 bits per heavy atom. The van der Waals surface area contributed by atoms with Gasteiger partial charge in [0, 0.05) is 13.7 Å². The number of carbonyl (C=O) groups excluding carboxylic acids is 1. The first-order valence-electron chi connectivity index (χ1n) is 6.11. The average Bonchev–Trinajstić information content (AvgIpc) is 2.53. The topological polar surface area (TPSA) is 62.6 Å². The molecule has 0 saturated carbocycles. The maximum absolute atomic E-state index is 12.2. The Balaban J connectivity index is 2.84. The molecule has 2 atom stereocenters. The van der Waals surface area contributed by atoms with Gasteiger partial charge < -0.3 is 9.47 Å². The molecule has 0 spiro atoms. The third kappa shape index (κ3) is 3.36. The van der Waals surface area contributed by atoms with Crippen LogP contribution in [-0.4, -0.2) is 42.4 Å². The van der Waals surface area contributed by atoms with Crippen molar-refractivity contribution in [3.8, 4) is 6.07 Å². The standard InChI is InChI=1S/C13H22N2O3/c1-12(2,3)18-11(16)15-8-10(7-14)6-13(15,4)9-17-5/h10H,6,8-9H2,1-5H3/t10?,13-/m0/s1. The highest BCUT2D eigenvalue weighted by molar-refractivity contribution is 5.70. The summed E-state index contributed by atoms with van der Waals surface area (Å²) in [5, 5.41) is 9.03. The van der Waals surface area contributed by atoms with Gasteiger partial charge in [0.15, 0.2) is 0 Å². The van der Waals surface area contributed by atoms with E-state index >= 15 is 0 Å². The molecule has 18 heavy (non-hydrogen) atoms. The Morgan fingerprint density at radius 3 is 2.61 bits per heavy atom. The van der Waals surface area contributed by atoms with Gasteiger partial charge in [0.25, 0.3) is 0 Å². The molecule has 1 saturated heterocycles. The SMILES string of the molecule is COC[C@]1(C)CC(C#N)CN1C(=O)OC(C)(C)C. The third-order valence-corrected chi connectivity index (χ3v) is 2.99. The molecule has 0 N–H and O–H groups in total. The molecule has 1 unspecified atom stereocenters. The summed E-state index contributed by atoms with van der Waals surface area (Å²) in [6.07, 6.45) is 0.246. The van der Waals surface area contributed by atoms with Crippen LogP contribution in [0.1, 0.15) is 34.1 Å². The lowest BCUT2D eigenvalue weighted by molar-refractivity contribution is -0.00567. The van der Waals surface area contributed by atoms with Crippen LogP contribution >= 0.6 is 0 Å². The number of nitrogens with zero attached hydrogens (tertiary/aromatic N) is 2. The van der Waals surface area contributed by atoms with Gasteiger partial charge in [-0.3, -0.25) is 4.90 Å². The van der Waals surface area contributed by atoms with Gasteiger partial charge >= 0.3 is 6.09 Å². The zero-order valence-corrected chi connectivity index (χ0v) is 11.8. The van der Waals surface area contributed by atoms with Gasteiger partial charge in [-0.1, -0.05) is 0 Å². The van der Waals surface area contributed by atoms with Crippen LogP contribution < -0.4 is 0 Å². The van der Waals surface area contributed by atoms with Crippen molar-refractivity contribution >= 4 is 6.09 Å². The van der Waals surface area contributed by atoms with Gasteiger partial charge in [-0.2, -0.15) is 5.26 Å². The maximum atomic E-state index is 12.2. The second-order valence-electron chi connectivity index (χ2n) is 6.05. The molecule has 1 amide bonds. The van der Waals surface area contributed by atoms with E-state index in [0.29, 0.717) is 19.6 Å². The Kier molecular flexibility index (Phi) is 4.23. The minimum Gasteiger partial charge on any atom is -0.444 e. The largest absolute Gasteiger partial charge is 0.444 e. The molecule has 0 aromatic rings. The summed E-state index contributed by atoms with van der Waals surface area (Å²) in [6.45, 7) is 8.23. The van der Waals surface area contributed by atoms with Gasteiger partial charge in [0.05, 0.1) is 24.1 Å². The molecule has 0 aromatic heterocycles. The summed E-state index contributed by atoms with van der Waals surface area (Å²) in [5.74, 6) is -0.155. The van der Waals surface area contributed by atoms with Crippen molar-refractivity contribution in [1.29, 1.82) is 5.26 Å². The quantitative estimate of drug-likeness (QED) is 0.757. The van der Waals surface area contributed by atoms with Crippen molar-refractivity contribution in [3.05, 3.63) is 0 Å². The van der Waals surface area contributed by atoms with Crippen LogP contribution in [-0.2, 0) is 9.47 Å². The Bertz CT molecular complexity index is 356. The van der Waals surface area contributed by atoms with Crippen LogP contribution in [0.15, 0.2) is 0 Å². The van der Waals surface area contributed by atoms with Crippen LogP contribution in [0.25, 0.3) is 0 Å². The van der Waals surface area contributed by atoms with Crippen molar-refractivity contribution in [3.63, 3.8) is 0 Å². The number of carbonyl (C=O) groups is 1. The Morgan fingerprint density at radius 1 is 1.56 bits per heavy atom. The van der Waals surface area contributed by atoms with Crippen LogP contribution in [0, 0.1) is 17.2 Å². The van der Waals surface area contributed by atoms with E-state index in [1.54, 1.807) is 12.0 Å². The molecule has 1 aliphatic heterocycles. The van der Waals surface area contributed by atoms with Crippen molar-refractivity contribution in [2.45, 2.75) is 45.3 Å². The predicted molar refractivity (Wildman–Crippen MR) is 66.9 cm³/mol. The number of rotatable bonds is 2. The van der Waals surface area contributed by atoms with Crippen LogP contribution in [0.3, 0.4) is 0 Å². The van der Waals surface area contributed by atoms with Crippen molar-refractivity contribution in [2.24, 2.45) is 5.92 Å². The van der Waals surface area contributed by atoms with Gasteiger partial charge in [-0.05, 0) is 34.1 Å². The number of nitriles is 1. The fourth-order valence-corrected chi connectivity index (χ4v) is 2.29. The van der Waals surface area contributed by atoms with E-state index in [0.717, 1.165) is 0 Å². The third-order valence-electron chi connectivity index (χ3n) is 2.99. The monoisotopic (exact) mass is 254 g/mol. The molecule has 1 aliphatic rings. The minimum atomic E-state index is -0.532. The molecule has 0 radical (unpaired) electrons. The number of amides is 1. The number of methoxy groups -OCH3 is 1. The van der Waals surface area contributed by atoms with Crippen molar-refractivity contribution < 1.29 is 14.3 Å². The molecule has 1 rings (SSSR count). The molecule has 0 bridgehead atoms. The molecule has 1 fully saturated rings. The normalized spacial score (nSPS) is 28.0. The Hall–Kier alpha value is -1.28. The molecule has 0 aromatic carbocycles. The highest BCUT2D eigenvalue weighted by Gasteiger charge is 2.46. The van der Waals surface area contributed by atoms with E-state index in [9.17, 15) is 4.79 Å². The molecule has 0 aliphatic carbocycles. The predicted octanol–water partition coefficient (Wildman–Crippen LogP) is 2.17. The first-order valence-corrected chi connectivity index (χ1v) is 6.11. The highest BCUT2D eigenvalue weighted by Crippen LogP contribution is 2.34. The summed E-state index contributed by atoms with van der Waals surface area (Å²) < 4.78 is 10.6. The van der Waals surface area contributed by atoms with Crippen LogP contribution in [0.2, 0.25) is 0 Å². The number of likely N-dealkylation sites (tertiary alicyclic amines) is 1. The van der Waals surface area contributed by atoms with E-state index < -0.39 is 11.1 Å². The molecule has 5 nitrogen and oxygen atoms in total. The molecule has 5 heteroatoms. The highest BCUT2D eigenvalue weighted by atomic mass is 16.6. The van der Waals surface area contributed by atoms with Crippen LogP contribution in [0.4, 0.5) is 4.79 Å². The fraction of sp³-hybridized carbons (Fsp3) is 0.846. The fourth-order valence-electron chi connectivity index (χ4n) is 2.29. The average molecular weight is 254 g/mol. The zero-order chi connectivity index (χ0) is 14.0. The summed E-state index contributed by atoms with van der Waals surface area (Å²) in [6, 6.07) is 2.22. The number of hydrogen-bond acceptors (Lipinski definition) is 4. The van der Waals surface area contributed by atoms with E-state index in [2.05, 4.69) is 6.07 Å². The second kappa shape index (κ2) is 5.15. The lowest BCUT2D eigenvalue weighted by atomic mass is 9.96. The van der Waals surface area contributed by atoms with Gasteiger partial charge in [0.2, 0.25) is 0 Å². The first kappa shape index (κ1) is 14.8. The van der Waals surface area contributed by atoms with E-state index in [1.807, 2.05) is 27.7 Å². The summed E-state index contributed by atoms with van der Waals surface area (Å²) in [4.78, 5) is 13.8. The van der Waals surface area contributed by atoms with Gasteiger partial charge in [0.1, 0.15) is 5.60 Å². The summed E-state index contributed by atoms with van der Waals surface area (Å²) in [7, 11) is 1.60. The summed E-state index contributed by atoms with van der Waals surface area (Å²) in [5.41, 5.74) is -0.993. The smallest absolute Gasteiger partial charge is 0.410 e. The lowest BCUT2D eigenvalue weighted by Crippen LogP contribution is -2.49. The van der Waals surface area contributed by atoms with Crippen molar-refractivity contribution in [2.75, 3.05) is 20.3 Å². The lowest BCUT2D eigenvalue weighted by Gasteiger charge is -2.35. The molecular formula is C13H22N2O3. The van der Waals surface area contributed by atoms with Crippen molar-refractivity contribution in [1.82, 2.24) is 4.90 Å². The summed E-state index contributed by atoms with van der Waals surface area (Å²) >= 11 is 0. The van der Waals surface area contributed by atoms with Crippen LogP contribution in [0.5, 0.6) is 0 Å². The van der Waals surface area contributed by atoms with Gasteiger partial charge in [-0.25, -0.2) is 4.79 Å². The molecular weight excluding hydrogens is 232 g/mol. The second-order valence-corrected chi connectivity index (χ2v) is 6.05. The first-order chi connectivity index (χ1) is 8.22. The molecule has 1 heterocycles. The zero-order valence-electron chi connectivity index (χ0n) is 11.8. The number of ether oxygens (including phenoxy) is 2. The molecule has 102 valence electrons. The number of hydrogen-bond donors (Lipinski definition) is 0. The minimum absolute atomic E-state index is 0.155.